The van der Waals surface area contributed by atoms with E-state index in [9.17, 15) is 57.7 Å². The first-order chi connectivity index (χ1) is 51.2. The molecular weight excluding hydrogens is 1650 g/mol. The van der Waals surface area contributed by atoms with Gasteiger partial charge in [0.2, 0.25) is 11.9 Å². The van der Waals surface area contributed by atoms with Gasteiger partial charge in [0.05, 0.1) is 82.3 Å². The second-order valence-electron chi connectivity index (χ2n) is 26.2. The second-order valence-corrected chi connectivity index (χ2v) is 39.8. The van der Waals surface area contributed by atoms with E-state index in [0.717, 1.165) is 9.13 Å². The molecule has 0 radical (unpaired) electrons. The molecule has 5 aliphatic heterocycles. The highest BCUT2D eigenvalue weighted by molar-refractivity contribution is 8.32. The predicted octanol–water partition coefficient (Wildman–Crippen LogP) is -1.27. The summed E-state index contributed by atoms with van der Waals surface area (Å²) in [7, 11) is 0. The lowest BCUT2D eigenvalue weighted by molar-refractivity contribution is -0.220. The summed E-state index contributed by atoms with van der Waals surface area (Å²) >= 11 is 26.9. The standard InChI is InChI=1S/C55H76N17O27P5S5/c1-23(2)27-9-38(68-8-7-37(56)61-53(68)77)90-32(27)16-85-101(81,106)96-28-10-39(69-14-25(5)47(73)66-54(69)78)91-33(28)18-87-104(84,109)99-31-13-42(72-22-60-44-46(72)63-52(58)65-50(44)76)94-36(31)20-89-102(82,107)97-29-11-40(70-15-26(6)48(74)67-55(70)79)92-34(29)19-88-103(83,108)98-30-12-41(93-35(30)17-86-100(80,105)95-24(3)4)71-21-59-43-45(71)62-51(57)64-49(43)75/h7-8,14-15,21-24,27-36,38-42H,9-13,16-20H2,1-6H3,(H,80,105)(H,81,106)(H,82,107)(H,83,108)(H,84,109)(H2,56,61,77)(H,66,73,78)(H,67,74,79)(H3,57,62,64,75)(H3,58,63,65,76)/p-5/t27-,28+,29+,30+,31+,32+,33+,34+,35+,36+,38+,39+,40+,41+,42+,100?,101?,102?,103?,104?/m0/s1. The Labute approximate surface area is 639 Å². The van der Waals surface area contributed by atoms with Crippen LogP contribution in [-0.2, 0) is 133 Å². The third-order valence-corrected chi connectivity index (χ3v) is 25.8. The van der Waals surface area contributed by atoms with E-state index in [1.807, 2.05) is 13.8 Å². The largest absolute Gasteiger partial charge is 0.780 e. The van der Waals surface area contributed by atoms with Crippen molar-refractivity contribution in [3.63, 3.8) is 0 Å². The number of aromatic nitrogens is 14. The summed E-state index contributed by atoms with van der Waals surface area (Å²) in [5, 5.41) is 0. The van der Waals surface area contributed by atoms with Crippen molar-refractivity contribution in [2.45, 2.75) is 166 Å². The number of hydrogen-bond acceptors (Lipinski definition) is 40. The van der Waals surface area contributed by atoms with Gasteiger partial charge < -0.3 is 118 Å². The van der Waals surface area contributed by atoms with Crippen LogP contribution >= 0.6 is 33.7 Å². The van der Waals surface area contributed by atoms with Gasteiger partial charge in [-0.3, -0.25) is 66.5 Å². The number of nitrogens with zero attached hydrogens (tertiary/aromatic N) is 10. The monoisotopic (exact) mass is 1720 g/mol. The molecule has 0 saturated carbocycles. The van der Waals surface area contributed by atoms with E-state index >= 15 is 0 Å². The zero-order valence-electron chi connectivity index (χ0n) is 57.9. The predicted molar refractivity (Wildman–Crippen MR) is 389 cm³/mol. The molecule has 109 heavy (non-hydrogen) atoms. The fraction of sp³-hybridized carbons (Fsp3) is 0.600. The van der Waals surface area contributed by atoms with E-state index in [4.69, 9.17) is 146 Å². The van der Waals surface area contributed by atoms with Gasteiger partial charge in [0.25, 0.3) is 22.2 Å². The van der Waals surface area contributed by atoms with Crippen molar-refractivity contribution >= 4 is 133 Å². The smallest absolute Gasteiger partial charge is 0.351 e. The van der Waals surface area contributed by atoms with E-state index in [1.54, 1.807) is 13.8 Å². The molecule has 54 heteroatoms. The Kier molecular flexibility index (Phi) is 25.4. The van der Waals surface area contributed by atoms with Crippen LogP contribution in [0.5, 0.6) is 0 Å². The number of aryl methyl sites for hydroxylation is 2. The average molecular weight is 1720 g/mol. The van der Waals surface area contributed by atoms with Crippen molar-refractivity contribution in [3.8, 4) is 0 Å². The zero-order valence-corrected chi connectivity index (χ0v) is 66.4. The SMILES string of the molecule is Cc1cn([C@H]2C[C@@H](OP([O-])(=S)OC[C@H]3O[C@@H](n4ccc(N)nc4=O)C[C@H]3C(C)C)[C@@H](COP(=O)([S-])O[C@@H]3C[C@H](n4cnc5c(=O)[nH]c(N)nc54)O[C@@H]3COP([O-])(=S)O[C@@H]3C[C@H](n4cc(C)c(=O)[nH]c4=O)O[C@@H]3COP([O-])(=S)O[C@@H]3C[C@H](n4cnc5c(=O)[nH]c(N)nc54)O[C@@H]3COP([O-])(=S)OC(C)C)O2)c(=O)[nH]c1=O. The first kappa shape index (κ1) is 83.2. The lowest BCUT2D eigenvalue weighted by atomic mass is 9.89. The summed E-state index contributed by atoms with van der Waals surface area (Å²) in [6, 6.07) is 1.43. The van der Waals surface area contributed by atoms with Crippen molar-refractivity contribution in [1.82, 2.24) is 67.7 Å². The molecule has 5 saturated heterocycles. The molecule has 5 unspecified atom stereocenters. The van der Waals surface area contributed by atoms with Gasteiger partial charge in [-0.1, -0.05) is 61.1 Å². The van der Waals surface area contributed by atoms with Crippen LogP contribution in [0.3, 0.4) is 0 Å². The highest BCUT2D eigenvalue weighted by Crippen LogP contribution is 2.55. The average Bonchev–Trinajstić information content (AvgIpc) is 1.63. The quantitative estimate of drug-likeness (QED) is 0.0197. The first-order valence-electron chi connectivity index (χ1n) is 33.1. The van der Waals surface area contributed by atoms with Crippen LogP contribution in [0.15, 0.2) is 70.9 Å². The minimum atomic E-state index is -4.94. The Morgan fingerprint density at radius 2 is 0.881 bits per heavy atom. The minimum Gasteiger partial charge on any atom is -0.780 e. The summed E-state index contributed by atoms with van der Waals surface area (Å²) in [6.07, 6.45) is -13.6. The molecule has 0 spiro atoms. The Morgan fingerprint density at radius 3 is 1.28 bits per heavy atom. The topological polar surface area (TPSA) is 598 Å². The van der Waals surface area contributed by atoms with Crippen molar-refractivity contribution in [3.05, 3.63) is 121 Å². The van der Waals surface area contributed by atoms with Gasteiger partial charge in [-0.25, -0.2) is 24.4 Å². The molecule has 7 aromatic rings. The van der Waals surface area contributed by atoms with Crippen molar-refractivity contribution < 1.29 is 93.1 Å². The number of rotatable bonds is 31. The highest BCUT2D eigenvalue weighted by Gasteiger charge is 2.47. The lowest BCUT2D eigenvalue weighted by Gasteiger charge is -2.36. The minimum absolute atomic E-state index is 0.00215. The number of nitrogens with one attached hydrogen (secondary N) is 4. The lowest BCUT2D eigenvalue weighted by Crippen LogP contribution is -2.34. The maximum atomic E-state index is 14.7. The molecule has 20 atom stereocenters. The molecule has 12 rings (SSSR count). The fourth-order valence-corrected chi connectivity index (χ4v) is 20.2. The van der Waals surface area contributed by atoms with Crippen LogP contribution in [0.1, 0.15) is 102 Å². The molecular formula is C55H71N17O27P5S5-5. The molecule has 7 aromatic heterocycles. The normalized spacial score (nSPS) is 28.8. The zero-order chi connectivity index (χ0) is 78.7. The van der Waals surface area contributed by atoms with Gasteiger partial charge in [-0.05, 0) is 52.0 Å². The van der Waals surface area contributed by atoms with E-state index in [1.165, 1.54) is 64.9 Å². The Bertz CT molecular complexity index is 5280. The van der Waals surface area contributed by atoms with Gasteiger partial charge in [0.15, 0.2) is 29.1 Å². The Hall–Kier alpha value is -5.24. The number of hydrogen-bond donors (Lipinski definition) is 7. The molecule has 12 heterocycles. The summed E-state index contributed by atoms with van der Waals surface area (Å²) < 4.78 is 110. The molecule has 5 aliphatic rings. The number of H-pyrrole nitrogens is 4. The number of fused-ring (bicyclic) bond motifs is 2. The summed E-state index contributed by atoms with van der Waals surface area (Å²) in [6.45, 7) is -17.1. The number of aromatic amines is 4. The van der Waals surface area contributed by atoms with Gasteiger partial charge >= 0.3 is 17.1 Å². The van der Waals surface area contributed by atoms with Crippen molar-refractivity contribution in [2.24, 2.45) is 11.8 Å². The van der Waals surface area contributed by atoms with Gasteiger partial charge in [-0.15, -0.1) is 0 Å². The highest BCUT2D eigenvalue weighted by atomic mass is 32.7. The van der Waals surface area contributed by atoms with Crippen LogP contribution in [0, 0.1) is 25.7 Å². The molecule has 0 aromatic carbocycles. The fourth-order valence-electron chi connectivity index (χ4n) is 12.8. The van der Waals surface area contributed by atoms with Crippen LogP contribution in [0.2, 0.25) is 0 Å². The second kappa shape index (κ2) is 33.3. The third-order valence-electron chi connectivity index (χ3n) is 17.8. The van der Waals surface area contributed by atoms with Crippen LogP contribution in [0.25, 0.3) is 22.3 Å². The van der Waals surface area contributed by atoms with E-state index in [0.29, 0.717) is 6.42 Å². The molecule has 0 amide bonds. The van der Waals surface area contributed by atoms with Gasteiger partial charge in [0.1, 0.15) is 88.2 Å². The maximum Gasteiger partial charge on any atom is 0.351 e. The van der Waals surface area contributed by atoms with E-state index in [2.05, 4.69) is 44.9 Å². The Morgan fingerprint density at radius 1 is 0.514 bits per heavy atom. The summed E-state index contributed by atoms with van der Waals surface area (Å²) in [4.78, 5) is 176. The van der Waals surface area contributed by atoms with Crippen molar-refractivity contribution in [1.29, 1.82) is 0 Å². The van der Waals surface area contributed by atoms with Gasteiger partial charge in [0, 0.05) is 55.4 Å². The summed E-state index contributed by atoms with van der Waals surface area (Å²) in [5.74, 6) is -0.888. The number of nitrogens with two attached hydrogens (primary N) is 3. The number of anilines is 3. The Balaban J connectivity index is 0.758. The molecule has 5 fully saturated rings. The van der Waals surface area contributed by atoms with Crippen LogP contribution < -0.4 is 76.1 Å². The summed E-state index contributed by atoms with van der Waals surface area (Å²) in [5.41, 5.74) is 11.8. The number of imidazole rings is 2. The molecule has 0 aliphatic carbocycles. The van der Waals surface area contributed by atoms with Crippen molar-refractivity contribution in [2.75, 3.05) is 50.2 Å². The molecule has 0 bridgehead atoms. The molecule has 598 valence electrons. The van der Waals surface area contributed by atoms with E-state index in [-0.39, 0.29) is 82.3 Å². The number of nitrogen functional groups attached to an aromatic ring is 3. The maximum absolute atomic E-state index is 14.7. The van der Waals surface area contributed by atoms with Gasteiger partial charge in [-0.2, -0.15) is 15.0 Å². The third kappa shape index (κ3) is 19.9. The van der Waals surface area contributed by atoms with E-state index < -0.39 is 205 Å². The number of ether oxygens (including phenoxy) is 5. The van der Waals surface area contributed by atoms with Crippen LogP contribution in [0.4, 0.5) is 17.7 Å². The molecule has 44 nitrogen and oxygen atoms in total. The molecule has 10 N–H and O–H groups in total. The first-order valence-corrected chi connectivity index (χ1v) is 45.8. The van der Waals surface area contributed by atoms with Crippen LogP contribution in [-0.4, -0.2) is 162 Å².